The SMILES string of the molecule is COC(=O)C(=Cc1cc(Br)cc(Br)c1)NC(=O)OC(C)(C)C. The lowest BCUT2D eigenvalue weighted by Crippen LogP contribution is -2.34. The van der Waals surface area contributed by atoms with Gasteiger partial charge in [0.2, 0.25) is 0 Å². The van der Waals surface area contributed by atoms with Crippen molar-refractivity contribution in [1.29, 1.82) is 0 Å². The minimum absolute atomic E-state index is 0.0123. The predicted molar refractivity (Wildman–Crippen MR) is 91.2 cm³/mol. The molecule has 0 saturated heterocycles. The number of carbonyl (C=O) groups is 2. The first-order chi connectivity index (χ1) is 10.1. The molecule has 0 aliphatic carbocycles. The highest BCUT2D eigenvalue weighted by Crippen LogP contribution is 2.21. The number of ether oxygens (including phenoxy) is 2. The Balaban J connectivity index is 3.05. The van der Waals surface area contributed by atoms with Crippen molar-refractivity contribution in [3.8, 4) is 0 Å². The lowest BCUT2D eigenvalue weighted by atomic mass is 10.2. The van der Waals surface area contributed by atoms with E-state index in [0.29, 0.717) is 5.56 Å². The van der Waals surface area contributed by atoms with E-state index in [0.717, 1.165) is 8.95 Å². The van der Waals surface area contributed by atoms with E-state index < -0.39 is 17.7 Å². The van der Waals surface area contributed by atoms with Crippen LogP contribution in [0.3, 0.4) is 0 Å². The monoisotopic (exact) mass is 433 g/mol. The highest BCUT2D eigenvalue weighted by molar-refractivity contribution is 9.11. The van der Waals surface area contributed by atoms with Crippen LogP contribution in [-0.4, -0.2) is 24.8 Å². The molecule has 1 N–H and O–H groups in total. The zero-order valence-electron chi connectivity index (χ0n) is 12.7. The molecule has 0 heterocycles. The second-order valence-corrected chi connectivity index (χ2v) is 7.21. The fourth-order valence-electron chi connectivity index (χ4n) is 1.49. The van der Waals surface area contributed by atoms with Gasteiger partial charge in [0, 0.05) is 8.95 Å². The molecule has 1 aromatic rings. The van der Waals surface area contributed by atoms with Gasteiger partial charge in [-0.25, -0.2) is 9.59 Å². The molecule has 0 unspecified atom stereocenters. The summed E-state index contributed by atoms with van der Waals surface area (Å²) in [5, 5.41) is 2.41. The normalized spacial score (nSPS) is 11.8. The number of esters is 1. The molecule has 120 valence electrons. The molecular formula is C15H17Br2NO4. The molecule has 0 bridgehead atoms. The average Bonchev–Trinajstić information content (AvgIpc) is 2.33. The molecule has 1 aromatic carbocycles. The molecule has 0 aromatic heterocycles. The van der Waals surface area contributed by atoms with Crippen LogP contribution in [0.15, 0.2) is 32.8 Å². The van der Waals surface area contributed by atoms with Crippen LogP contribution in [0.1, 0.15) is 26.3 Å². The Kier molecular flexibility index (Phi) is 6.62. The smallest absolute Gasteiger partial charge is 0.412 e. The van der Waals surface area contributed by atoms with Crippen molar-refractivity contribution in [2.75, 3.05) is 7.11 Å². The van der Waals surface area contributed by atoms with E-state index >= 15 is 0 Å². The molecule has 0 spiro atoms. The number of hydrogen-bond donors (Lipinski definition) is 1. The molecule has 0 fully saturated rings. The first kappa shape index (κ1) is 18.7. The van der Waals surface area contributed by atoms with Gasteiger partial charge in [-0.15, -0.1) is 0 Å². The van der Waals surface area contributed by atoms with E-state index in [-0.39, 0.29) is 5.70 Å². The fraction of sp³-hybridized carbons (Fsp3) is 0.333. The lowest BCUT2D eigenvalue weighted by molar-refractivity contribution is -0.136. The Bertz CT molecular complexity index is 586. The standard InChI is InChI=1S/C15H17Br2NO4/c1-15(2,3)22-14(20)18-12(13(19)21-4)7-9-5-10(16)8-11(17)6-9/h5-8H,1-4H3,(H,18,20). The Morgan fingerprint density at radius 2 is 1.68 bits per heavy atom. The maximum absolute atomic E-state index is 11.8. The molecule has 7 heteroatoms. The molecule has 1 amide bonds. The van der Waals surface area contributed by atoms with Crippen LogP contribution in [0.2, 0.25) is 0 Å². The summed E-state index contributed by atoms with van der Waals surface area (Å²) in [6, 6.07) is 5.45. The molecule has 22 heavy (non-hydrogen) atoms. The van der Waals surface area contributed by atoms with Crippen LogP contribution in [0, 0.1) is 0 Å². The molecule has 0 aliphatic heterocycles. The van der Waals surface area contributed by atoms with E-state index in [9.17, 15) is 9.59 Å². The van der Waals surface area contributed by atoms with Crippen molar-refractivity contribution in [2.45, 2.75) is 26.4 Å². The van der Waals surface area contributed by atoms with Crippen LogP contribution in [0.4, 0.5) is 4.79 Å². The first-order valence-corrected chi connectivity index (χ1v) is 7.95. The second-order valence-electron chi connectivity index (χ2n) is 5.38. The van der Waals surface area contributed by atoms with Gasteiger partial charge < -0.3 is 9.47 Å². The third-order valence-electron chi connectivity index (χ3n) is 2.24. The van der Waals surface area contributed by atoms with E-state index in [1.807, 2.05) is 6.07 Å². The zero-order chi connectivity index (χ0) is 16.9. The highest BCUT2D eigenvalue weighted by Gasteiger charge is 2.20. The Morgan fingerprint density at radius 1 is 1.14 bits per heavy atom. The third-order valence-corrected chi connectivity index (χ3v) is 3.15. The number of rotatable bonds is 3. The number of hydrogen-bond acceptors (Lipinski definition) is 4. The third kappa shape index (κ3) is 6.62. The summed E-state index contributed by atoms with van der Waals surface area (Å²) >= 11 is 6.72. The summed E-state index contributed by atoms with van der Waals surface area (Å²) in [7, 11) is 1.24. The second kappa shape index (κ2) is 7.78. The van der Waals surface area contributed by atoms with Crippen molar-refractivity contribution >= 4 is 50.0 Å². The number of methoxy groups -OCH3 is 1. The van der Waals surface area contributed by atoms with Gasteiger partial charge >= 0.3 is 12.1 Å². The van der Waals surface area contributed by atoms with Gasteiger partial charge in [-0.3, -0.25) is 5.32 Å². The van der Waals surface area contributed by atoms with Crippen LogP contribution >= 0.6 is 31.9 Å². The zero-order valence-corrected chi connectivity index (χ0v) is 15.9. The molecule has 0 radical (unpaired) electrons. The average molecular weight is 435 g/mol. The van der Waals surface area contributed by atoms with Crippen LogP contribution < -0.4 is 5.32 Å². The number of benzene rings is 1. The van der Waals surface area contributed by atoms with E-state index in [1.54, 1.807) is 32.9 Å². The molecule has 0 atom stereocenters. The minimum atomic E-state index is -0.724. The van der Waals surface area contributed by atoms with Gasteiger partial charge in [-0.1, -0.05) is 31.9 Å². The van der Waals surface area contributed by atoms with Crippen LogP contribution in [0.25, 0.3) is 6.08 Å². The van der Waals surface area contributed by atoms with Crippen molar-refractivity contribution in [2.24, 2.45) is 0 Å². The van der Waals surface area contributed by atoms with Crippen molar-refractivity contribution in [1.82, 2.24) is 5.32 Å². The Hall–Kier alpha value is -1.34. The summed E-state index contributed by atoms with van der Waals surface area (Å²) in [6.45, 7) is 5.21. The molecular weight excluding hydrogens is 418 g/mol. The molecule has 0 aliphatic rings. The lowest BCUT2D eigenvalue weighted by Gasteiger charge is -2.20. The van der Waals surface area contributed by atoms with Crippen molar-refractivity contribution in [3.63, 3.8) is 0 Å². The van der Waals surface area contributed by atoms with Crippen molar-refractivity contribution in [3.05, 3.63) is 38.4 Å². The molecule has 5 nitrogen and oxygen atoms in total. The maximum Gasteiger partial charge on any atom is 0.412 e. The fourth-order valence-corrected chi connectivity index (χ4v) is 2.82. The highest BCUT2D eigenvalue weighted by atomic mass is 79.9. The molecule has 0 saturated carbocycles. The van der Waals surface area contributed by atoms with Gasteiger partial charge in [-0.2, -0.15) is 0 Å². The summed E-state index contributed by atoms with van der Waals surface area (Å²) in [4.78, 5) is 23.6. The number of nitrogens with one attached hydrogen (secondary N) is 1. The number of alkyl carbamates (subject to hydrolysis) is 1. The van der Waals surface area contributed by atoms with Crippen LogP contribution in [-0.2, 0) is 14.3 Å². The van der Waals surface area contributed by atoms with Gasteiger partial charge in [-0.05, 0) is 50.6 Å². The number of carbonyl (C=O) groups excluding carboxylic acids is 2. The van der Waals surface area contributed by atoms with Gasteiger partial charge in [0.15, 0.2) is 0 Å². The first-order valence-electron chi connectivity index (χ1n) is 6.37. The minimum Gasteiger partial charge on any atom is -0.464 e. The number of halogens is 2. The van der Waals surface area contributed by atoms with Crippen LogP contribution in [0.5, 0.6) is 0 Å². The van der Waals surface area contributed by atoms with Gasteiger partial charge in [0.25, 0.3) is 0 Å². The van der Waals surface area contributed by atoms with Gasteiger partial charge in [0.05, 0.1) is 7.11 Å². The van der Waals surface area contributed by atoms with Crippen molar-refractivity contribution < 1.29 is 19.1 Å². The summed E-state index contributed by atoms with van der Waals surface area (Å²) in [5.41, 5.74) is 0.0314. The summed E-state index contributed by atoms with van der Waals surface area (Å²) < 4.78 is 11.5. The Morgan fingerprint density at radius 3 is 2.14 bits per heavy atom. The topological polar surface area (TPSA) is 64.6 Å². The maximum atomic E-state index is 11.8. The quantitative estimate of drug-likeness (QED) is 0.570. The predicted octanol–water partition coefficient (Wildman–Crippen LogP) is 4.25. The number of amides is 1. The Labute approximate surface area is 146 Å². The summed E-state index contributed by atoms with van der Waals surface area (Å²) in [5.74, 6) is -0.665. The van der Waals surface area contributed by atoms with E-state index in [4.69, 9.17) is 4.74 Å². The summed E-state index contributed by atoms with van der Waals surface area (Å²) in [6.07, 6.45) is 0.781. The van der Waals surface area contributed by atoms with E-state index in [2.05, 4.69) is 41.9 Å². The van der Waals surface area contributed by atoms with E-state index in [1.165, 1.54) is 13.2 Å². The largest absolute Gasteiger partial charge is 0.464 e. The molecule has 1 rings (SSSR count). The van der Waals surface area contributed by atoms with Gasteiger partial charge in [0.1, 0.15) is 11.3 Å².